The van der Waals surface area contributed by atoms with Crippen LogP contribution in [0.1, 0.15) is 43.4 Å². The fourth-order valence-corrected chi connectivity index (χ4v) is 2.58. The van der Waals surface area contributed by atoms with Gasteiger partial charge in [0.25, 0.3) is 0 Å². The SMILES string of the molecule is CCc1nnc2sc(C(C)CCCN)nn12. The van der Waals surface area contributed by atoms with Crippen molar-refractivity contribution in [3.8, 4) is 0 Å². The summed E-state index contributed by atoms with van der Waals surface area (Å²) in [5.41, 5.74) is 5.51. The molecule has 2 N–H and O–H groups in total. The van der Waals surface area contributed by atoms with Gasteiger partial charge in [-0.25, -0.2) is 0 Å². The van der Waals surface area contributed by atoms with Crippen molar-refractivity contribution in [3.05, 3.63) is 10.8 Å². The molecule has 1 unspecified atom stereocenters. The molecule has 0 aliphatic carbocycles. The number of hydrogen-bond donors (Lipinski definition) is 1. The molecule has 0 aliphatic heterocycles. The minimum absolute atomic E-state index is 0.458. The lowest BCUT2D eigenvalue weighted by molar-refractivity contribution is 0.625. The molecule has 1 atom stereocenters. The van der Waals surface area contributed by atoms with Gasteiger partial charge in [-0.05, 0) is 19.4 Å². The molecule has 0 radical (unpaired) electrons. The molecule has 2 aromatic heterocycles. The zero-order chi connectivity index (χ0) is 11.5. The third-order valence-electron chi connectivity index (χ3n) is 2.65. The zero-order valence-corrected chi connectivity index (χ0v) is 10.5. The Morgan fingerprint density at radius 2 is 2.25 bits per heavy atom. The third kappa shape index (κ3) is 2.08. The largest absolute Gasteiger partial charge is 0.330 e. The van der Waals surface area contributed by atoms with E-state index in [1.165, 1.54) is 0 Å². The second kappa shape index (κ2) is 4.88. The number of fused-ring (bicyclic) bond motifs is 1. The summed E-state index contributed by atoms with van der Waals surface area (Å²) >= 11 is 1.63. The van der Waals surface area contributed by atoms with Gasteiger partial charge < -0.3 is 5.73 Å². The first-order chi connectivity index (χ1) is 7.76. The smallest absolute Gasteiger partial charge is 0.234 e. The van der Waals surface area contributed by atoms with E-state index in [1.54, 1.807) is 11.3 Å². The normalized spacial score (nSPS) is 13.4. The monoisotopic (exact) mass is 239 g/mol. The average Bonchev–Trinajstić information content (AvgIpc) is 2.84. The number of rotatable bonds is 5. The van der Waals surface area contributed by atoms with E-state index in [4.69, 9.17) is 5.73 Å². The van der Waals surface area contributed by atoms with E-state index in [-0.39, 0.29) is 0 Å². The van der Waals surface area contributed by atoms with E-state index >= 15 is 0 Å². The predicted octanol–water partition coefficient (Wildman–Crippen LogP) is 1.59. The topological polar surface area (TPSA) is 69.1 Å². The first-order valence-electron chi connectivity index (χ1n) is 5.67. The number of hydrogen-bond acceptors (Lipinski definition) is 5. The van der Waals surface area contributed by atoms with Crippen molar-refractivity contribution >= 4 is 16.3 Å². The number of aryl methyl sites for hydroxylation is 1. The predicted molar refractivity (Wildman–Crippen MR) is 64.7 cm³/mol. The Hall–Kier alpha value is -1.01. The van der Waals surface area contributed by atoms with Crippen LogP contribution in [0.3, 0.4) is 0 Å². The van der Waals surface area contributed by atoms with Crippen LogP contribution in [0.4, 0.5) is 0 Å². The second-order valence-electron chi connectivity index (χ2n) is 3.94. The maximum atomic E-state index is 5.51. The van der Waals surface area contributed by atoms with Crippen molar-refractivity contribution in [1.82, 2.24) is 19.8 Å². The molecule has 0 aliphatic rings. The van der Waals surface area contributed by atoms with Gasteiger partial charge in [-0.1, -0.05) is 25.2 Å². The molecule has 0 spiro atoms. The van der Waals surface area contributed by atoms with Gasteiger partial charge in [0.1, 0.15) is 5.01 Å². The molecule has 5 nitrogen and oxygen atoms in total. The number of nitrogens with two attached hydrogens (primary N) is 1. The Kier molecular flexibility index (Phi) is 3.50. The Morgan fingerprint density at radius 3 is 2.94 bits per heavy atom. The maximum absolute atomic E-state index is 5.51. The van der Waals surface area contributed by atoms with E-state index in [1.807, 2.05) is 4.52 Å². The van der Waals surface area contributed by atoms with E-state index in [2.05, 4.69) is 29.1 Å². The van der Waals surface area contributed by atoms with Gasteiger partial charge in [-0.2, -0.15) is 9.61 Å². The molecular weight excluding hydrogens is 222 g/mol. The zero-order valence-electron chi connectivity index (χ0n) is 9.68. The van der Waals surface area contributed by atoms with Crippen LogP contribution < -0.4 is 5.73 Å². The lowest BCUT2D eigenvalue weighted by Crippen LogP contribution is -2.02. The third-order valence-corrected chi connectivity index (χ3v) is 3.78. The van der Waals surface area contributed by atoms with Crippen molar-refractivity contribution in [2.45, 2.75) is 39.0 Å². The van der Waals surface area contributed by atoms with Gasteiger partial charge in [0, 0.05) is 12.3 Å². The van der Waals surface area contributed by atoms with Crippen molar-refractivity contribution in [2.24, 2.45) is 5.73 Å². The Balaban J connectivity index is 2.22. The highest BCUT2D eigenvalue weighted by Gasteiger charge is 2.14. The summed E-state index contributed by atoms with van der Waals surface area (Å²) in [5, 5.41) is 13.9. The molecular formula is C10H17N5S. The van der Waals surface area contributed by atoms with Gasteiger partial charge >= 0.3 is 0 Å². The highest BCUT2D eigenvalue weighted by Crippen LogP contribution is 2.25. The van der Waals surface area contributed by atoms with Crippen LogP contribution in [0.5, 0.6) is 0 Å². The summed E-state index contributed by atoms with van der Waals surface area (Å²) in [6.07, 6.45) is 2.99. The minimum Gasteiger partial charge on any atom is -0.330 e. The summed E-state index contributed by atoms with van der Waals surface area (Å²) in [6.45, 7) is 4.99. The molecule has 0 bridgehead atoms. The second-order valence-corrected chi connectivity index (χ2v) is 4.92. The van der Waals surface area contributed by atoms with E-state index < -0.39 is 0 Å². The number of aromatic nitrogens is 4. The Morgan fingerprint density at radius 1 is 1.44 bits per heavy atom. The fraction of sp³-hybridized carbons (Fsp3) is 0.700. The van der Waals surface area contributed by atoms with Gasteiger partial charge in [0.05, 0.1) is 0 Å². The first kappa shape index (κ1) is 11.5. The number of nitrogens with zero attached hydrogens (tertiary/aromatic N) is 4. The fourth-order valence-electron chi connectivity index (χ4n) is 1.64. The van der Waals surface area contributed by atoms with Crippen LogP contribution in [-0.2, 0) is 6.42 Å². The van der Waals surface area contributed by atoms with Crippen LogP contribution in [0.25, 0.3) is 4.96 Å². The maximum Gasteiger partial charge on any atom is 0.234 e. The lowest BCUT2D eigenvalue weighted by atomic mass is 10.1. The summed E-state index contributed by atoms with van der Waals surface area (Å²) in [4.78, 5) is 0.895. The van der Waals surface area contributed by atoms with Crippen LogP contribution in [0.15, 0.2) is 0 Å². The molecule has 6 heteroatoms. The lowest BCUT2D eigenvalue weighted by Gasteiger charge is -2.04. The van der Waals surface area contributed by atoms with Crippen LogP contribution in [0.2, 0.25) is 0 Å². The highest BCUT2D eigenvalue weighted by molar-refractivity contribution is 7.16. The van der Waals surface area contributed by atoms with Crippen molar-refractivity contribution in [3.63, 3.8) is 0 Å². The average molecular weight is 239 g/mol. The van der Waals surface area contributed by atoms with Crippen molar-refractivity contribution < 1.29 is 0 Å². The van der Waals surface area contributed by atoms with Gasteiger partial charge in [0.15, 0.2) is 5.82 Å². The molecule has 0 fully saturated rings. The molecule has 2 aromatic rings. The molecule has 0 aromatic carbocycles. The van der Waals surface area contributed by atoms with E-state index in [0.29, 0.717) is 5.92 Å². The summed E-state index contributed by atoms with van der Waals surface area (Å²) in [7, 11) is 0. The Bertz CT molecular complexity index is 461. The minimum atomic E-state index is 0.458. The van der Waals surface area contributed by atoms with E-state index in [9.17, 15) is 0 Å². The van der Waals surface area contributed by atoms with Crippen LogP contribution in [-0.4, -0.2) is 26.4 Å². The molecule has 0 saturated heterocycles. The molecule has 2 heterocycles. The Labute approximate surface area is 98.7 Å². The summed E-state index contributed by atoms with van der Waals surface area (Å²) in [5.74, 6) is 1.39. The standard InChI is InChI=1S/C10H17N5S/c1-3-8-12-13-10-15(8)14-9(16-10)7(2)5-4-6-11/h7H,3-6,11H2,1-2H3. The molecule has 2 rings (SSSR count). The summed E-state index contributed by atoms with van der Waals surface area (Å²) < 4.78 is 1.86. The highest BCUT2D eigenvalue weighted by atomic mass is 32.1. The quantitative estimate of drug-likeness (QED) is 0.860. The van der Waals surface area contributed by atoms with Gasteiger partial charge in [0.2, 0.25) is 4.96 Å². The first-order valence-corrected chi connectivity index (χ1v) is 6.49. The van der Waals surface area contributed by atoms with E-state index in [0.717, 1.165) is 41.6 Å². The van der Waals surface area contributed by atoms with Crippen LogP contribution in [0, 0.1) is 0 Å². The van der Waals surface area contributed by atoms with Crippen LogP contribution >= 0.6 is 11.3 Å². The summed E-state index contributed by atoms with van der Waals surface area (Å²) in [6, 6.07) is 0. The van der Waals surface area contributed by atoms with Gasteiger partial charge in [-0.3, -0.25) is 0 Å². The molecule has 16 heavy (non-hydrogen) atoms. The van der Waals surface area contributed by atoms with Crippen molar-refractivity contribution in [2.75, 3.05) is 6.54 Å². The molecule has 88 valence electrons. The van der Waals surface area contributed by atoms with Crippen molar-refractivity contribution in [1.29, 1.82) is 0 Å². The molecule has 0 saturated carbocycles. The van der Waals surface area contributed by atoms with Gasteiger partial charge in [-0.15, -0.1) is 10.2 Å². The molecule has 0 amide bonds.